The van der Waals surface area contributed by atoms with E-state index in [1.54, 1.807) is 0 Å². The summed E-state index contributed by atoms with van der Waals surface area (Å²) < 4.78 is 5.59. The quantitative estimate of drug-likeness (QED) is 0.664. The number of hydrogen-bond acceptors (Lipinski definition) is 2. The maximum Gasteiger partial charge on any atom is 0.119 e. The van der Waals surface area contributed by atoms with E-state index in [4.69, 9.17) is 9.84 Å². The second-order valence-corrected chi connectivity index (χ2v) is 4.43. The minimum Gasteiger partial charge on any atom is -0.494 e. The van der Waals surface area contributed by atoms with Gasteiger partial charge in [0, 0.05) is 12.0 Å². The van der Waals surface area contributed by atoms with Gasteiger partial charge in [-0.1, -0.05) is 42.2 Å². The summed E-state index contributed by atoms with van der Waals surface area (Å²) >= 11 is 0. The molecular weight excluding hydrogens is 248 g/mol. The highest BCUT2D eigenvalue weighted by atomic mass is 16.5. The third kappa shape index (κ3) is 4.79. The van der Waals surface area contributed by atoms with Crippen LogP contribution >= 0.6 is 0 Å². The topological polar surface area (TPSA) is 29.5 Å². The highest BCUT2D eigenvalue weighted by Crippen LogP contribution is 2.08. The van der Waals surface area contributed by atoms with Crippen molar-refractivity contribution in [2.24, 2.45) is 0 Å². The molecule has 2 heteroatoms. The summed E-state index contributed by atoms with van der Waals surface area (Å²) in [7, 11) is 0. The van der Waals surface area contributed by atoms with E-state index in [0.717, 1.165) is 29.7 Å². The first-order valence-electron chi connectivity index (χ1n) is 6.75. The fourth-order valence-corrected chi connectivity index (χ4v) is 1.78. The van der Waals surface area contributed by atoms with Gasteiger partial charge in [-0.15, -0.1) is 0 Å². The fourth-order valence-electron chi connectivity index (χ4n) is 1.78. The molecule has 0 unspecified atom stereocenters. The van der Waals surface area contributed by atoms with Gasteiger partial charge >= 0.3 is 0 Å². The number of para-hydroxylation sites is 1. The van der Waals surface area contributed by atoms with E-state index in [1.165, 1.54) is 0 Å². The van der Waals surface area contributed by atoms with Crippen LogP contribution in [-0.2, 0) is 6.61 Å². The van der Waals surface area contributed by atoms with Crippen molar-refractivity contribution in [3.63, 3.8) is 0 Å². The van der Waals surface area contributed by atoms with Gasteiger partial charge in [-0.25, -0.2) is 0 Å². The lowest BCUT2D eigenvalue weighted by molar-refractivity contribution is 0.282. The summed E-state index contributed by atoms with van der Waals surface area (Å²) in [4.78, 5) is 0. The Morgan fingerprint density at radius 1 is 1.00 bits per heavy atom. The van der Waals surface area contributed by atoms with Crippen molar-refractivity contribution in [2.45, 2.75) is 19.4 Å². The Kier molecular flexibility index (Phi) is 5.70. The molecule has 0 aromatic heterocycles. The molecule has 2 rings (SSSR count). The van der Waals surface area contributed by atoms with Gasteiger partial charge in [-0.3, -0.25) is 0 Å². The largest absolute Gasteiger partial charge is 0.494 e. The van der Waals surface area contributed by atoms with Crippen LogP contribution in [0.3, 0.4) is 0 Å². The van der Waals surface area contributed by atoms with Crippen molar-refractivity contribution < 1.29 is 9.84 Å². The Hall–Kier alpha value is -2.24. The molecule has 0 fully saturated rings. The molecule has 0 amide bonds. The van der Waals surface area contributed by atoms with E-state index in [9.17, 15) is 0 Å². The number of aliphatic hydroxyl groups excluding tert-OH is 1. The Labute approximate surface area is 120 Å². The zero-order chi connectivity index (χ0) is 14.0. The van der Waals surface area contributed by atoms with Crippen LogP contribution in [0.5, 0.6) is 5.75 Å². The van der Waals surface area contributed by atoms with Crippen molar-refractivity contribution in [1.82, 2.24) is 0 Å². The van der Waals surface area contributed by atoms with Gasteiger partial charge in [0.2, 0.25) is 0 Å². The molecule has 0 saturated carbocycles. The average molecular weight is 266 g/mol. The van der Waals surface area contributed by atoms with E-state index in [2.05, 4.69) is 11.8 Å². The lowest BCUT2D eigenvalue weighted by Gasteiger charge is -2.03. The molecule has 0 aliphatic carbocycles. The highest BCUT2D eigenvalue weighted by Gasteiger charge is 1.92. The normalized spacial score (nSPS) is 9.65. The number of benzene rings is 2. The van der Waals surface area contributed by atoms with Crippen molar-refractivity contribution in [3.05, 3.63) is 65.7 Å². The van der Waals surface area contributed by atoms with Crippen LogP contribution in [0, 0.1) is 11.8 Å². The summed E-state index contributed by atoms with van der Waals surface area (Å²) in [5.41, 5.74) is 1.84. The lowest BCUT2D eigenvalue weighted by Crippen LogP contribution is -1.96. The summed E-state index contributed by atoms with van der Waals surface area (Å²) in [5, 5.41) is 9.05. The van der Waals surface area contributed by atoms with Gasteiger partial charge in [-0.2, -0.15) is 0 Å². The van der Waals surface area contributed by atoms with Crippen LogP contribution in [0.25, 0.3) is 0 Å². The van der Waals surface area contributed by atoms with Crippen LogP contribution in [0.2, 0.25) is 0 Å². The fraction of sp³-hybridized carbons (Fsp3) is 0.222. The Morgan fingerprint density at radius 3 is 2.65 bits per heavy atom. The minimum atomic E-state index is 0.0560. The van der Waals surface area contributed by atoms with Crippen molar-refractivity contribution in [3.8, 4) is 17.6 Å². The first kappa shape index (κ1) is 14.2. The molecule has 0 aliphatic rings. The van der Waals surface area contributed by atoms with Gasteiger partial charge in [0.15, 0.2) is 0 Å². The summed E-state index contributed by atoms with van der Waals surface area (Å²) in [6.45, 7) is 0.732. The van der Waals surface area contributed by atoms with Crippen LogP contribution < -0.4 is 4.74 Å². The molecule has 2 aromatic carbocycles. The molecule has 0 heterocycles. The number of unbranched alkanes of at least 4 members (excludes halogenated alkanes) is 1. The molecule has 0 spiro atoms. The first-order valence-corrected chi connectivity index (χ1v) is 6.75. The molecule has 2 nitrogen and oxygen atoms in total. The molecule has 20 heavy (non-hydrogen) atoms. The van der Waals surface area contributed by atoms with E-state index in [1.807, 2.05) is 54.6 Å². The second kappa shape index (κ2) is 8.04. The van der Waals surface area contributed by atoms with Gasteiger partial charge in [0.25, 0.3) is 0 Å². The monoisotopic (exact) mass is 266 g/mol. The first-order chi connectivity index (χ1) is 9.88. The maximum absolute atomic E-state index is 9.05. The zero-order valence-electron chi connectivity index (χ0n) is 11.4. The molecular formula is C18H18O2. The smallest absolute Gasteiger partial charge is 0.119 e. The van der Waals surface area contributed by atoms with Crippen molar-refractivity contribution in [1.29, 1.82) is 0 Å². The molecule has 0 bridgehead atoms. The van der Waals surface area contributed by atoms with Crippen LogP contribution in [0.4, 0.5) is 0 Å². The maximum atomic E-state index is 9.05. The average Bonchev–Trinajstić information content (AvgIpc) is 2.52. The van der Waals surface area contributed by atoms with Crippen LogP contribution in [0.15, 0.2) is 54.6 Å². The summed E-state index contributed by atoms with van der Waals surface area (Å²) in [6, 6.07) is 17.5. The molecule has 0 radical (unpaired) electrons. The third-order valence-corrected chi connectivity index (χ3v) is 2.80. The minimum absolute atomic E-state index is 0.0560. The van der Waals surface area contributed by atoms with Crippen molar-refractivity contribution in [2.75, 3.05) is 6.61 Å². The predicted octanol–water partition coefficient (Wildman–Crippen LogP) is 3.39. The standard InChI is InChI=1S/C18H18O2/c19-15-17-10-7-9-16(14-17)8-3-2-6-13-20-18-11-4-1-5-12-18/h1,4-5,7,9-12,14,19H,2,6,13,15H2. The van der Waals surface area contributed by atoms with Crippen molar-refractivity contribution >= 4 is 0 Å². The van der Waals surface area contributed by atoms with Crippen LogP contribution in [0.1, 0.15) is 24.0 Å². The van der Waals surface area contributed by atoms with E-state index < -0.39 is 0 Å². The van der Waals surface area contributed by atoms with E-state index in [-0.39, 0.29) is 6.61 Å². The van der Waals surface area contributed by atoms with E-state index in [0.29, 0.717) is 6.61 Å². The molecule has 2 aromatic rings. The van der Waals surface area contributed by atoms with Gasteiger partial charge < -0.3 is 9.84 Å². The third-order valence-electron chi connectivity index (χ3n) is 2.80. The second-order valence-electron chi connectivity index (χ2n) is 4.43. The Bertz CT molecular complexity index is 579. The molecule has 102 valence electrons. The van der Waals surface area contributed by atoms with Crippen LogP contribution in [-0.4, -0.2) is 11.7 Å². The highest BCUT2D eigenvalue weighted by molar-refractivity contribution is 5.36. The van der Waals surface area contributed by atoms with Gasteiger partial charge in [0.05, 0.1) is 13.2 Å². The SMILES string of the molecule is OCc1cccc(C#CCCCOc2ccccc2)c1. The number of ether oxygens (including phenoxy) is 1. The molecule has 0 atom stereocenters. The lowest BCUT2D eigenvalue weighted by atomic mass is 10.1. The van der Waals surface area contributed by atoms with E-state index >= 15 is 0 Å². The Balaban J connectivity index is 1.72. The zero-order valence-corrected chi connectivity index (χ0v) is 11.4. The van der Waals surface area contributed by atoms with Gasteiger partial charge in [-0.05, 0) is 36.2 Å². The molecule has 0 saturated heterocycles. The number of aliphatic hydroxyl groups is 1. The van der Waals surface area contributed by atoms with Gasteiger partial charge in [0.1, 0.15) is 5.75 Å². The molecule has 1 N–H and O–H groups in total. The number of hydrogen-bond donors (Lipinski definition) is 1. The predicted molar refractivity (Wildman–Crippen MR) is 80.4 cm³/mol. The Morgan fingerprint density at radius 2 is 1.85 bits per heavy atom. The summed E-state index contributed by atoms with van der Waals surface area (Å²) in [5.74, 6) is 7.13. The molecule has 0 aliphatic heterocycles. The number of rotatable bonds is 5. The summed E-state index contributed by atoms with van der Waals surface area (Å²) in [6.07, 6.45) is 1.71.